The van der Waals surface area contributed by atoms with Crippen molar-refractivity contribution in [3.05, 3.63) is 0 Å². The van der Waals surface area contributed by atoms with Crippen molar-refractivity contribution in [2.45, 2.75) is 26.2 Å². The SMILES string of the molecule is CCNCC(=O)NCCC1CCN(C)CC1. The van der Waals surface area contributed by atoms with Crippen molar-refractivity contribution in [1.29, 1.82) is 0 Å². The predicted molar refractivity (Wildman–Crippen MR) is 66.4 cm³/mol. The smallest absolute Gasteiger partial charge is 0.233 e. The molecule has 0 aromatic rings. The molecule has 0 aromatic carbocycles. The van der Waals surface area contributed by atoms with Gasteiger partial charge in [0.2, 0.25) is 5.91 Å². The molecule has 1 fully saturated rings. The van der Waals surface area contributed by atoms with Gasteiger partial charge in [0.25, 0.3) is 0 Å². The Kier molecular flexibility index (Phi) is 6.42. The second kappa shape index (κ2) is 7.63. The normalized spacial score (nSPS) is 18.6. The molecule has 0 radical (unpaired) electrons. The molecule has 1 rings (SSSR count). The highest BCUT2D eigenvalue weighted by Gasteiger charge is 2.16. The van der Waals surface area contributed by atoms with E-state index in [-0.39, 0.29) is 5.91 Å². The zero-order valence-corrected chi connectivity index (χ0v) is 10.6. The number of amides is 1. The van der Waals surface area contributed by atoms with Crippen LogP contribution >= 0.6 is 0 Å². The predicted octanol–water partition coefficient (Wildman–Crippen LogP) is 0.444. The number of hydrogen-bond donors (Lipinski definition) is 2. The first-order valence-corrected chi connectivity index (χ1v) is 6.38. The van der Waals surface area contributed by atoms with Gasteiger partial charge in [-0.05, 0) is 51.9 Å². The van der Waals surface area contributed by atoms with Crippen molar-refractivity contribution in [3.63, 3.8) is 0 Å². The topological polar surface area (TPSA) is 44.4 Å². The van der Waals surface area contributed by atoms with E-state index in [1.165, 1.54) is 25.9 Å². The zero-order chi connectivity index (χ0) is 11.8. The van der Waals surface area contributed by atoms with E-state index in [0.717, 1.165) is 25.4 Å². The van der Waals surface area contributed by atoms with Crippen LogP contribution in [0.15, 0.2) is 0 Å². The third-order valence-electron chi connectivity index (χ3n) is 3.25. The Bertz CT molecular complexity index is 200. The van der Waals surface area contributed by atoms with Crippen LogP contribution in [0.25, 0.3) is 0 Å². The Morgan fingerprint density at radius 3 is 2.69 bits per heavy atom. The number of piperidine rings is 1. The largest absolute Gasteiger partial charge is 0.355 e. The van der Waals surface area contributed by atoms with Crippen LogP contribution in [0.1, 0.15) is 26.2 Å². The first-order chi connectivity index (χ1) is 7.72. The lowest BCUT2D eigenvalue weighted by Crippen LogP contribution is -2.36. The summed E-state index contributed by atoms with van der Waals surface area (Å²) in [4.78, 5) is 13.7. The molecule has 0 aliphatic carbocycles. The highest BCUT2D eigenvalue weighted by atomic mass is 16.1. The Balaban J connectivity index is 2.00. The molecule has 0 spiro atoms. The summed E-state index contributed by atoms with van der Waals surface area (Å²) < 4.78 is 0. The fourth-order valence-corrected chi connectivity index (χ4v) is 2.07. The van der Waals surface area contributed by atoms with Crippen LogP contribution in [0.4, 0.5) is 0 Å². The molecule has 1 amide bonds. The molecule has 16 heavy (non-hydrogen) atoms. The third kappa shape index (κ3) is 5.47. The molecular formula is C12H25N3O. The molecule has 1 heterocycles. The molecule has 0 unspecified atom stereocenters. The molecule has 0 saturated carbocycles. The van der Waals surface area contributed by atoms with Gasteiger partial charge in [0.15, 0.2) is 0 Å². The van der Waals surface area contributed by atoms with Crippen LogP contribution in [0.2, 0.25) is 0 Å². The maximum absolute atomic E-state index is 11.3. The van der Waals surface area contributed by atoms with E-state index in [4.69, 9.17) is 0 Å². The van der Waals surface area contributed by atoms with E-state index >= 15 is 0 Å². The summed E-state index contributed by atoms with van der Waals surface area (Å²) in [6, 6.07) is 0. The molecule has 4 heteroatoms. The maximum Gasteiger partial charge on any atom is 0.233 e. The van der Waals surface area contributed by atoms with Gasteiger partial charge in [-0.3, -0.25) is 4.79 Å². The Hall–Kier alpha value is -0.610. The van der Waals surface area contributed by atoms with Crippen LogP contribution in [0.3, 0.4) is 0 Å². The van der Waals surface area contributed by atoms with Crippen LogP contribution in [-0.4, -0.2) is 50.6 Å². The molecule has 0 atom stereocenters. The van der Waals surface area contributed by atoms with Gasteiger partial charge in [-0.2, -0.15) is 0 Å². The van der Waals surface area contributed by atoms with Gasteiger partial charge in [-0.1, -0.05) is 6.92 Å². The summed E-state index contributed by atoms with van der Waals surface area (Å²) in [5.41, 5.74) is 0. The number of likely N-dealkylation sites (N-methyl/N-ethyl adjacent to an activating group) is 1. The quantitative estimate of drug-likeness (QED) is 0.692. The van der Waals surface area contributed by atoms with E-state index in [9.17, 15) is 4.79 Å². The number of rotatable bonds is 6. The van der Waals surface area contributed by atoms with Crippen LogP contribution in [0, 0.1) is 5.92 Å². The number of carbonyl (C=O) groups is 1. The monoisotopic (exact) mass is 227 g/mol. The van der Waals surface area contributed by atoms with Crippen molar-refractivity contribution in [2.24, 2.45) is 5.92 Å². The second-order valence-electron chi connectivity index (χ2n) is 4.67. The van der Waals surface area contributed by atoms with Gasteiger partial charge >= 0.3 is 0 Å². The fraction of sp³-hybridized carbons (Fsp3) is 0.917. The summed E-state index contributed by atoms with van der Waals surface area (Å²) in [6.07, 6.45) is 3.69. The van der Waals surface area contributed by atoms with Gasteiger partial charge in [0, 0.05) is 6.54 Å². The minimum Gasteiger partial charge on any atom is -0.355 e. The Labute approximate surface area is 98.8 Å². The number of hydrogen-bond acceptors (Lipinski definition) is 3. The lowest BCUT2D eigenvalue weighted by Gasteiger charge is -2.28. The van der Waals surface area contributed by atoms with E-state index in [2.05, 4.69) is 22.6 Å². The number of nitrogens with zero attached hydrogens (tertiary/aromatic N) is 1. The van der Waals surface area contributed by atoms with Crippen molar-refractivity contribution >= 4 is 5.91 Å². The highest BCUT2D eigenvalue weighted by molar-refractivity contribution is 5.77. The van der Waals surface area contributed by atoms with E-state index in [0.29, 0.717) is 6.54 Å². The van der Waals surface area contributed by atoms with Crippen molar-refractivity contribution < 1.29 is 4.79 Å². The molecule has 94 valence electrons. The van der Waals surface area contributed by atoms with Gasteiger partial charge in [0.1, 0.15) is 0 Å². The molecule has 0 bridgehead atoms. The molecule has 2 N–H and O–H groups in total. The van der Waals surface area contributed by atoms with Gasteiger partial charge in [0.05, 0.1) is 6.54 Å². The lowest BCUT2D eigenvalue weighted by molar-refractivity contribution is -0.120. The van der Waals surface area contributed by atoms with Crippen LogP contribution in [-0.2, 0) is 4.79 Å². The van der Waals surface area contributed by atoms with Crippen molar-refractivity contribution in [1.82, 2.24) is 15.5 Å². The summed E-state index contributed by atoms with van der Waals surface area (Å²) in [7, 11) is 2.18. The zero-order valence-electron chi connectivity index (χ0n) is 10.6. The average molecular weight is 227 g/mol. The van der Waals surface area contributed by atoms with Crippen LogP contribution < -0.4 is 10.6 Å². The third-order valence-corrected chi connectivity index (χ3v) is 3.25. The van der Waals surface area contributed by atoms with Gasteiger partial charge in [-0.15, -0.1) is 0 Å². The number of carbonyl (C=O) groups excluding carboxylic acids is 1. The fourth-order valence-electron chi connectivity index (χ4n) is 2.07. The Morgan fingerprint density at radius 2 is 2.06 bits per heavy atom. The minimum absolute atomic E-state index is 0.120. The van der Waals surface area contributed by atoms with Crippen LogP contribution in [0.5, 0.6) is 0 Å². The second-order valence-corrected chi connectivity index (χ2v) is 4.67. The van der Waals surface area contributed by atoms with Gasteiger partial charge < -0.3 is 15.5 Å². The molecule has 1 aliphatic heterocycles. The van der Waals surface area contributed by atoms with Crippen molar-refractivity contribution in [2.75, 3.05) is 39.8 Å². The van der Waals surface area contributed by atoms with Crippen molar-refractivity contribution in [3.8, 4) is 0 Å². The average Bonchev–Trinajstić information content (AvgIpc) is 2.29. The summed E-state index contributed by atoms with van der Waals surface area (Å²) >= 11 is 0. The van der Waals surface area contributed by atoms with E-state index < -0.39 is 0 Å². The summed E-state index contributed by atoms with van der Waals surface area (Å²) in [6.45, 7) is 6.54. The number of nitrogens with one attached hydrogen (secondary N) is 2. The van der Waals surface area contributed by atoms with E-state index in [1.54, 1.807) is 0 Å². The maximum atomic E-state index is 11.3. The molecule has 1 aliphatic rings. The number of likely N-dealkylation sites (tertiary alicyclic amines) is 1. The Morgan fingerprint density at radius 1 is 1.38 bits per heavy atom. The van der Waals surface area contributed by atoms with E-state index in [1.807, 2.05) is 6.92 Å². The standard InChI is InChI=1S/C12H25N3O/c1-3-13-10-12(16)14-7-4-11-5-8-15(2)9-6-11/h11,13H,3-10H2,1-2H3,(H,14,16). The molecule has 1 saturated heterocycles. The first kappa shape index (κ1) is 13.5. The molecule has 0 aromatic heterocycles. The molecule has 4 nitrogen and oxygen atoms in total. The summed E-state index contributed by atoms with van der Waals surface area (Å²) in [5.74, 6) is 0.922. The highest BCUT2D eigenvalue weighted by Crippen LogP contribution is 2.18. The minimum atomic E-state index is 0.120. The molecular weight excluding hydrogens is 202 g/mol. The lowest BCUT2D eigenvalue weighted by atomic mass is 9.94. The first-order valence-electron chi connectivity index (χ1n) is 6.38. The summed E-state index contributed by atoms with van der Waals surface area (Å²) in [5, 5.41) is 5.98. The van der Waals surface area contributed by atoms with Gasteiger partial charge in [-0.25, -0.2) is 0 Å².